The van der Waals surface area contributed by atoms with Crippen LogP contribution in [0, 0.1) is 5.92 Å². The van der Waals surface area contributed by atoms with Gasteiger partial charge in [-0.05, 0) is 25.7 Å². The SMILES string of the molecule is O=C(O)[C@@H]1CCCN(c2cc(-c3ccccc3)nc(C3CC3)n2)C1. The largest absolute Gasteiger partial charge is 0.481 e. The van der Waals surface area contributed by atoms with Gasteiger partial charge in [-0.15, -0.1) is 0 Å². The molecule has 2 fully saturated rings. The zero-order chi connectivity index (χ0) is 16.5. The molecule has 124 valence electrons. The lowest BCUT2D eigenvalue weighted by atomic mass is 9.98. The Morgan fingerprint density at radius 1 is 1.12 bits per heavy atom. The summed E-state index contributed by atoms with van der Waals surface area (Å²) in [7, 11) is 0. The molecule has 0 spiro atoms. The van der Waals surface area contributed by atoms with Crippen LogP contribution in [0.1, 0.15) is 37.4 Å². The molecule has 5 heteroatoms. The van der Waals surface area contributed by atoms with E-state index in [4.69, 9.17) is 9.97 Å². The van der Waals surface area contributed by atoms with E-state index in [0.29, 0.717) is 12.5 Å². The average Bonchev–Trinajstić information content (AvgIpc) is 3.47. The third-order valence-corrected chi connectivity index (χ3v) is 4.84. The number of benzene rings is 1. The lowest BCUT2D eigenvalue weighted by molar-refractivity contribution is -0.141. The summed E-state index contributed by atoms with van der Waals surface area (Å²) >= 11 is 0. The highest BCUT2D eigenvalue weighted by Crippen LogP contribution is 2.39. The zero-order valence-corrected chi connectivity index (χ0v) is 13.6. The van der Waals surface area contributed by atoms with E-state index in [-0.39, 0.29) is 5.92 Å². The molecule has 4 rings (SSSR count). The molecule has 1 aromatic carbocycles. The van der Waals surface area contributed by atoms with E-state index < -0.39 is 5.97 Å². The van der Waals surface area contributed by atoms with Crippen LogP contribution in [0.3, 0.4) is 0 Å². The minimum absolute atomic E-state index is 0.307. The van der Waals surface area contributed by atoms with Crippen LogP contribution in [0.2, 0.25) is 0 Å². The number of hydrogen-bond acceptors (Lipinski definition) is 4. The molecule has 5 nitrogen and oxygen atoms in total. The Labute approximate surface area is 141 Å². The molecular formula is C19H21N3O2. The molecule has 2 heterocycles. The van der Waals surface area contributed by atoms with Crippen molar-refractivity contribution < 1.29 is 9.90 Å². The monoisotopic (exact) mass is 323 g/mol. The molecule has 1 aromatic heterocycles. The minimum atomic E-state index is -0.709. The first kappa shape index (κ1) is 15.1. The summed E-state index contributed by atoms with van der Waals surface area (Å²) in [6.07, 6.45) is 3.93. The van der Waals surface area contributed by atoms with Crippen LogP contribution in [0.5, 0.6) is 0 Å². The van der Waals surface area contributed by atoms with E-state index in [1.165, 1.54) is 0 Å². The first-order valence-corrected chi connectivity index (χ1v) is 8.63. The first-order valence-electron chi connectivity index (χ1n) is 8.63. The summed E-state index contributed by atoms with van der Waals surface area (Å²) in [5.41, 5.74) is 2.01. The molecule has 1 saturated heterocycles. The standard InChI is InChI=1S/C19H21N3O2/c23-19(24)15-7-4-10-22(12-15)17-11-16(13-5-2-1-3-6-13)20-18(21-17)14-8-9-14/h1-3,5-6,11,14-15H,4,7-10,12H2,(H,23,24)/t15-/m1/s1. The summed E-state index contributed by atoms with van der Waals surface area (Å²) in [6, 6.07) is 12.1. The number of nitrogens with zero attached hydrogens (tertiary/aromatic N) is 3. The van der Waals surface area contributed by atoms with Crippen LogP contribution in [0.4, 0.5) is 5.82 Å². The molecule has 1 N–H and O–H groups in total. The van der Waals surface area contributed by atoms with Gasteiger partial charge in [0.1, 0.15) is 11.6 Å². The molecular weight excluding hydrogens is 302 g/mol. The van der Waals surface area contributed by atoms with Crippen LogP contribution >= 0.6 is 0 Å². The maximum atomic E-state index is 11.3. The number of hydrogen-bond donors (Lipinski definition) is 1. The Hall–Kier alpha value is -2.43. The van der Waals surface area contributed by atoms with Crippen LogP contribution in [0.15, 0.2) is 36.4 Å². The second-order valence-corrected chi connectivity index (χ2v) is 6.73. The first-order chi connectivity index (χ1) is 11.7. The van der Waals surface area contributed by atoms with Crippen molar-refractivity contribution in [3.8, 4) is 11.3 Å². The Kier molecular flexibility index (Phi) is 3.92. The van der Waals surface area contributed by atoms with Gasteiger partial charge in [0.2, 0.25) is 0 Å². The van der Waals surface area contributed by atoms with Crippen molar-refractivity contribution >= 4 is 11.8 Å². The number of aliphatic carboxylic acids is 1. The third kappa shape index (κ3) is 3.11. The predicted molar refractivity (Wildman–Crippen MR) is 92.0 cm³/mol. The van der Waals surface area contributed by atoms with E-state index >= 15 is 0 Å². The van der Waals surface area contributed by atoms with Gasteiger partial charge in [-0.3, -0.25) is 4.79 Å². The number of aromatic nitrogens is 2. The van der Waals surface area contributed by atoms with E-state index in [2.05, 4.69) is 17.0 Å². The molecule has 1 aliphatic heterocycles. The molecule has 0 unspecified atom stereocenters. The quantitative estimate of drug-likeness (QED) is 0.935. The van der Waals surface area contributed by atoms with Gasteiger partial charge in [0.05, 0.1) is 11.6 Å². The van der Waals surface area contributed by atoms with Crippen LogP contribution < -0.4 is 4.90 Å². The Bertz CT molecular complexity index is 744. The van der Waals surface area contributed by atoms with Crippen molar-refractivity contribution in [2.24, 2.45) is 5.92 Å². The van der Waals surface area contributed by atoms with Crippen molar-refractivity contribution in [1.82, 2.24) is 9.97 Å². The summed E-state index contributed by atoms with van der Waals surface area (Å²) in [6.45, 7) is 1.39. The Balaban J connectivity index is 1.69. The van der Waals surface area contributed by atoms with Crippen molar-refractivity contribution in [3.63, 3.8) is 0 Å². The van der Waals surface area contributed by atoms with E-state index in [1.54, 1.807) is 0 Å². The Morgan fingerprint density at radius 3 is 2.62 bits per heavy atom. The normalized spacial score (nSPS) is 20.8. The molecule has 1 saturated carbocycles. The van der Waals surface area contributed by atoms with Gasteiger partial charge >= 0.3 is 5.97 Å². The second-order valence-electron chi connectivity index (χ2n) is 6.73. The van der Waals surface area contributed by atoms with E-state index in [1.807, 2.05) is 24.3 Å². The number of anilines is 1. The molecule has 2 aliphatic rings. The van der Waals surface area contributed by atoms with E-state index in [9.17, 15) is 9.90 Å². The van der Waals surface area contributed by atoms with Crippen molar-refractivity contribution in [1.29, 1.82) is 0 Å². The van der Waals surface area contributed by atoms with Crippen LogP contribution in [0.25, 0.3) is 11.3 Å². The molecule has 0 radical (unpaired) electrons. The fourth-order valence-electron chi connectivity index (χ4n) is 3.28. The molecule has 2 aromatic rings. The lowest BCUT2D eigenvalue weighted by Crippen LogP contribution is -2.39. The average molecular weight is 323 g/mol. The maximum absolute atomic E-state index is 11.3. The van der Waals surface area contributed by atoms with Gasteiger partial charge in [0.15, 0.2) is 0 Å². The molecule has 0 amide bonds. The van der Waals surface area contributed by atoms with Gasteiger partial charge in [-0.1, -0.05) is 30.3 Å². The van der Waals surface area contributed by atoms with E-state index in [0.717, 1.165) is 55.1 Å². The van der Waals surface area contributed by atoms with Gasteiger partial charge in [-0.25, -0.2) is 9.97 Å². The van der Waals surface area contributed by atoms with Crippen molar-refractivity contribution in [2.75, 3.05) is 18.0 Å². The molecule has 1 atom stereocenters. The zero-order valence-electron chi connectivity index (χ0n) is 13.6. The smallest absolute Gasteiger partial charge is 0.308 e. The second kappa shape index (κ2) is 6.23. The fraction of sp³-hybridized carbons (Fsp3) is 0.421. The third-order valence-electron chi connectivity index (χ3n) is 4.84. The minimum Gasteiger partial charge on any atom is -0.481 e. The maximum Gasteiger partial charge on any atom is 0.308 e. The molecule has 1 aliphatic carbocycles. The number of piperidine rings is 1. The number of carboxylic acid groups (broad SMARTS) is 1. The molecule has 0 bridgehead atoms. The van der Waals surface area contributed by atoms with Crippen LogP contribution in [-0.4, -0.2) is 34.1 Å². The molecule has 24 heavy (non-hydrogen) atoms. The summed E-state index contributed by atoms with van der Waals surface area (Å²) in [4.78, 5) is 23.0. The van der Waals surface area contributed by atoms with Crippen molar-refractivity contribution in [3.05, 3.63) is 42.2 Å². The number of rotatable bonds is 4. The summed E-state index contributed by atoms with van der Waals surface area (Å²) < 4.78 is 0. The number of carbonyl (C=O) groups is 1. The summed E-state index contributed by atoms with van der Waals surface area (Å²) in [5, 5.41) is 9.33. The fourth-order valence-corrected chi connectivity index (χ4v) is 3.28. The highest BCUT2D eigenvalue weighted by atomic mass is 16.4. The number of carboxylic acids is 1. The highest BCUT2D eigenvalue weighted by Gasteiger charge is 2.30. The van der Waals surface area contributed by atoms with Gasteiger partial charge < -0.3 is 10.0 Å². The van der Waals surface area contributed by atoms with Gasteiger partial charge in [0.25, 0.3) is 0 Å². The topological polar surface area (TPSA) is 66.3 Å². The lowest BCUT2D eigenvalue weighted by Gasteiger charge is -2.32. The van der Waals surface area contributed by atoms with Gasteiger partial charge in [0, 0.05) is 30.6 Å². The van der Waals surface area contributed by atoms with Crippen LogP contribution in [-0.2, 0) is 4.79 Å². The highest BCUT2D eigenvalue weighted by molar-refractivity contribution is 5.71. The van der Waals surface area contributed by atoms with Gasteiger partial charge in [-0.2, -0.15) is 0 Å². The predicted octanol–water partition coefficient (Wildman–Crippen LogP) is 3.32. The summed E-state index contributed by atoms with van der Waals surface area (Å²) in [5.74, 6) is 1.23. The Morgan fingerprint density at radius 2 is 1.92 bits per heavy atom. The van der Waals surface area contributed by atoms with Crippen molar-refractivity contribution in [2.45, 2.75) is 31.6 Å².